The second-order valence-electron chi connectivity index (χ2n) is 5.20. The molecule has 0 fully saturated rings. The molecule has 0 saturated heterocycles. The number of oxime groups is 1. The number of nitrogens with two attached hydrogens (primary N) is 1. The molecule has 118 valence electrons. The molecule has 0 unspecified atom stereocenters. The second-order valence-corrected chi connectivity index (χ2v) is 5.20. The van der Waals surface area contributed by atoms with Crippen molar-refractivity contribution in [1.82, 2.24) is 4.98 Å². The van der Waals surface area contributed by atoms with Crippen LogP contribution in [0.4, 0.5) is 0 Å². The number of hydrogen-bond acceptors (Lipinski definition) is 5. The zero-order valence-corrected chi connectivity index (χ0v) is 12.5. The standard InChI is InChI=1S/C18H13N3O3/c19-17(21-22)13-5-3-9-20-18(13)23-11-7-8-16-14(10-11)12-4-1-2-6-15(12)24-16/h1-10,22H,(H2,19,21). The molecule has 0 aliphatic carbocycles. The number of aromatic nitrogens is 1. The molecule has 0 spiro atoms. The molecule has 0 radical (unpaired) electrons. The lowest BCUT2D eigenvalue weighted by atomic mass is 10.1. The third kappa shape index (κ3) is 2.30. The first-order valence-electron chi connectivity index (χ1n) is 7.28. The first kappa shape index (κ1) is 14.1. The molecular formula is C18H13N3O3. The van der Waals surface area contributed by atoms with Gasteiger partial charge in [0.2, 0.25) is 5.88 Å². The molecule has 0 amide bonds. The molecule has 0 atom stereocenters. The molecule has 2 heterocycles. The molecular weight excluding hydrogens is 306 g/mol. The maximum Gasteiger partial charge on any atom is 0.230 e. The number of nitrogens with zero attached hydrogens (tertiary/aromatic N) is 2. The molecule has 6 nitrogen and oxygen atoms in total. The lowest BCUT2D eigenvalue weighted by molar-refractivity contribution is 0.318. The van der Waals surface area contributed by atoms with Gasteiger partial charge in [-0.25, -0.2) is 4.98 Å². The van der Waals surface area contributed by atoms with Crippen molar-refractivity contribution in [2.24, 2.45) is 10.9 Å². The van der Waals surface area contributed by atoms with E-state index in [1.54, 1.807) is 24.4 Å². The molecule has 0 aliphatic rings. The molecule has 4 aromatic rings. The van der Waals surface area contributed by atoms with Gasteiger partial charge in [0.05, 0.1) is 5.56 Å². The molecule has 2 aromatic heterocycles. The van der Waals surface area contributed by atoms with Crippen LogP contribution < -0.4 is 10.5 Å². The molecule has 0 aliphatic heterocycles. The summed E-state index contributed by atoms with van der Waals surface area (Å²) in [5.41, 5.74) is 7.67. The van der Waals surface area contributed by atoms with Gasteiger partial charge in [0.25, 0.3) is 0 Å². The maximum atomic E-state index is 8.88. The number of rotatable bonds is 3. The number of hydrogen-bond donors (Lipinski definition) is 2. The van der Waals surface area contributed by atoms with Crippen molar-refractivity contribution in [2.75, 3.05) is 0 Å². The van der Waals surface area contributed by atoms with Gasteiger partial charge in [-0.2, -0.15) is 0 Å². The Morgan fingerprint density at radius 3 is 2.75 bits per heavy atom. The number of ether oxygens (including phenoxy) is 1. The number of pyridine rings is 1. The van der Waals surface area contributed by atoms with Gasteiger partial charge in [-0.15, -0.1) is 0 Å². The van der Waals surface area contributed by atoms with E-state index in [9.17, 15) is 0 Å². The first-order chi connectivity index (χ1) is 11.8. The van der Waals surface area contributed by atoms with Gasteiger partial charge >= 0.3 is 0 Å². The Kier molecular flexibility index (Phi) is 3.28. The van der Waals surface area contributed by atoms with Crippen molar-refractivity contribution >= 4 is 27.8 Å². The zero-order valence-electron chi connectivity index (χ0n) is 12.5. The van der Waals surface area contributed by atoms with Crippen molar-refractivity contribution in [1.29, 1.82) is 0 Å². The summed E-state index contributed by atoms with van der Waals surface area (Å²) in [5.74, 6) is 0.785. The van der Waals surface area contributed by atoms with E-state index in [2.05, 4.69) is 10.1 Å². The number of para-hydroxylation sites is 1. The summed E-state index contributed by atoms with van der Waals surface area (Å²) >= 11 is 0. The Hall–Kier alpha value is -3.54. The minimum Gasteiger partial charge on any atom is -0.456 e. The maximum absolute atomic E-state index is 8.88. The highest BCUT2D eigenvalue weighted by Gasteiger charge is 2.12. The second kappa shape index (κ2) is 5.58. The average Bonchev–Trinajstić information content (AvgIpc) is 2.99. The minimum absolute atomic E-state index is 0.0621. The van der Waals surface area contributed by atoms with Gasteiger partial charge in [-0.3, -0.25) is 0 Å². The van der Waals surface area contributed by atoms with Crippen LogP contribution in [0.5, 0.6) is 11.6 Å². The smallest absolute Gasteiger partial charge is 0.230 e. The summed E-state index contributed by atoms with van der Waals surface area (Å²) in [6.07, 6.45) is 1.58. The summed E-state index contributed by atoms with van der Waals surface area (Å²) in [7, 11) is 0. The van der Waals surface area contributed by atoms with Crippen LogP contribution in [0, 0.1) is 0 Å². The minimum atomic E-state index is -0.0621. The Bertz CT molecular complexity index is 1070. The van der Waals surface area contributed by atoms with Crippen LogP contribution in [0.1, 0.15) is 5.56 Å². The highest BCUT2D eigenvalue weighted by Crippen LogP contribution is 2.33. The van der Waals surface area contributed by atoms with Crippen LogP contribution in [-0.4, -0.2) is 16.0 Å². The van der Waals surface area contributed by atoms with Gasteiger partial charge in [0.1, 0.15) is 16.9 Å². The van der Waals surface area contributed by atoms with E-state index in [0.717, 1.165) is 21.9 Å². The fourth-order valence-corrected chi connectivity index (χ4v) is 2.60. The normalized spacial score (nSPS) is 11.9. The van der Waals surface area contributed by atoms with Crippen molar-refractivity contribution in [2.45, 2.75) is 0 Å². The molecule has 0 bridgehead atoms. The topological polar surface area (TPSA) is 93.9 Å². The predicted octanol–water partition coefficient (Wildman–Crippen LogP) is 3.87. The van der Waals surface area contributed by atoms with Crippen LogP contribution in [0.3, 0.4) is 0 Å². The molecule has 6 heteroatoms. The largest absolute Gasteiger partial charge is 0.456 e. The van der Waals surface area contributed by atoms with E-state index in [1.807, 2.05) is 36.4 Å². The quantitative estimate of drug-likeness (QED) is 0.259. The number of fused-ring (bicyclic) bond motifs is 3. The van der Waals surface area contributed by atoms with Crippen molar-refractivity contribution < 1.29 is 14.4 Å². The third-order valence-corrected chi connectivity index (χ3v) is 3.72. The Labute approximate surface area is 136 Å². The van der Waals surface area contributed by atoms with E-state index in [4.69, 9.17) is 20.1 Å². The zero-order chi connectivity index (χ0) is 16.5. The first-order valence-corrected chi connectivity index (χ1v) is 7.28. The van der Waals surface area contributed by atoms with Crippen molar-refractivity contribution in [3.8, 4) is 11.6 Å². The lowest BCUT2D eigenvalue weighted by Crippen LogP contribution is -2.14. The van der Waals surface area contributed by atoms with E-state index in [0.29, 0.717) is 11.3 Å². The summed E-state index contributed by atoms with van der Waals surface area (Å²) in [5, 5.41) is 13.8. The molecule has 2 aromatic carbocycles. The van der Waals surface area contributed by atoms with Crippen LogP contribution >= 0.6 is 0 Å². The van der Waals surface area contributed by atoms with E-state index in [-0.39, 0.29) is 11.7 Å². The molecule has 0 saturated carbocycles. The van der Waals surface area contributed by atoms with E-state index < -0.39 is 0 Å². The van der Waals surface area contributed by atoms with E-state index in [1.165, 1.54) is 0 Å². The predicted molar refractivity (Wildman–Crippen MR) is 90.5 cm³/mol. The van der Waals surface area contributed by atoms with Crippen molar-refractivity contribution in [3.05, 3.63) is 66.4 Å². The van der Waals surface area contributed by atoms with Crippen LogP contribution in [0.25, 0.3) is 21.9 Å². The van der Waals surface area contributed by atoms with Gasteiger partial charge in [0, 0.05) is 17.0 Å². The summed E-state index contributed by atoms with van der Waals surface area (Å²) in [6.45, 7) is 0. The number of furan rings is 1. The highest BCUT2D eigenvalue weighted by atomic mass is 16.5. The fraction of sp³-hybridized carbons (Fsp3) is 0. The molecule has 24 heavy (non-hydrogen) atoms. The molecule has 3 N–H and O–H groups in total. The average molecular weight is 319 g/mol. The van der Waals surface area contributed by atoms with Crippen LogP contribution in [0.2, 0.25) is 0 Å². The fourth-order valence-electron chi connectivity index (χ4n) is 2.60. The third-order valence-electron chi connectivity index (χ3n) is 3.72. The Balaban J connectivity index is 1.79. The van der Waals surface area contributed by atoms with Crippen molar-refractivity contribution in [3.63, 3.8) is 0 Å². The SMILES string of the molecule is N/C(=N\O)c1cccnc1Oc1ccc2oc3ccccc3c2c1. The monoisotopic (exact) mass is 319 g/mol. The lowest BCUT2D eigenvalue weighted by Gasteiger charge is -2.08. The summed E-state index contributed by atoms with van der Waals surface area (Å²) in [4.78, 5) is 4.16. The van der Waals surface area contributed by atoms with Crippen LogP contribution in [0.15, 0.2) is 70.4 Å². The Morgan fingerprint density at radius 1 is 1.04 bits per heavy atom. The van der Waals surface area contributed by atoms with Gasteiger partial charge < -0.3 is 20.1 Å². The van der Waals surface area contributed by atoms with Crippen LogP contribution in [-0.2, 0) is 0 Å². The Morgan fingerprint density at radius 2 is 1.88 bits per heavy atom. The molecule has 4 rings (SSSR count). The summed E-state index contributed by atoms with van der Waals surface area (Å²) < 4.78 is 11.6. The van der Waals surface area contributed by atoms with E-state index >= 15 is 0 Å². The highest BCUT2D eigenvalue weighted by molar-refractivity contribution is 6.05. The van der Waals surface area contributed by atoms with Gasteiger partial charge in [-0.1, -0.05) is 23.4 Å². The summed E-state index contributed by atoms with van der Waals surface area (Å²) in [6, 6.07) is 16.7. The number of amidine groups is 1. The van der Waals surface area contributed by atoms with Gasteiger partial charge in [-0.05, 0) is 36.4 Å². The number of benzene rings is 2. The van der Waals surface area contributed by atoms with Gasteiger partial charge in [0.15, 0.2) is 5.84 Å².